The number of nitrogens with one attached hydrogen (secondary N) is 2. The van der Waals surface area contributed by atoms with E-state index in [0.29, 0.717) is 11.5 Å². The van der Waals surface area contributed by atoms with Crippen LogP contribution in [0.15, 0.2) is 18.2 Å². The van der Waals surface area contributed by atoms with E-state index in [-0.39, 0.29) is 11.9 Å². The molecule has 0 saturated heterocycles. The zero-order chi connectivity index (χ0) is 17.0. The first-order chi connectivity index (χ1) is 10.8. The molecule has 2 N–H and O–H groups in total. The second-order valence-corrected chi connectivity index (χ2v) is 9.04. The highest BCUT2D eigenvalue weighted by Gasteiger charge is 2.26. The Morgan fingerprint density at radius 3 is 2.43 bits per heavy atom. The van der Waals surface area contributed by atoms with Crippen molar-refractivity contribution in [1.29, 1.82) is 0 Å². The number of hydrogen-bond donors (Lipinski definition) is 2. The van der Waals surface area contributed by atoms with Gasteiger partial charge in [0.1, 0.15) is 5.82 Å². The van der Waals surface area contributed by atoms with Crippen molar-refractivity contribution in [3.63, 3.8) is 0 Å². The molecule has 0 spiro atoms. The molecule has 0 radical (unpaired) electrons. The summed E-state index contributed by atoms with van der Waals surface area (Å²) in [6, 6.07) is 5.24. The third-order valence-corrected chi connectivity index (χ3v) is 6.47. The van der Waals surface area contributed by atoms with E-state index in [2.05, 4.69) is 10.0 Å². The zero-order valence-electron chi connectivity index (χ0n) is 14.1. The first-order valence-electron chi connectivity index (χ1n) is 8.29. The third-order valence-electron chi connectivity index (χ3n) is 4.56. The van der Waals surface area contributed by atoms with Crippen molar-refractivity contribution in [2.45, 2.75) is 57.7 Å². The Hall–Kier alpha value is -1.14. The number of rotatable bonds is 6. The predicted molar refractivity (Wildman–Crippen MR) is 92.6 cm³/mol. The quantitative estimate of drug-likeness (QED) is 0.833. The Kier molecular flexibility index (Phi) is 6.03. The van der Waals surface area contributed by atoms with Gasteiger partial charge >= 0.3 is 0 Å². The smallest absolute Gasteiger partial charge is 0.214 e. The van der Waals surface area contributed by atoms with Crippen LogP contribution in [0.5, 0.6) is 0 Å². The van der Waals surface area contributed by atoms with Crippen molar-refractivity contribution in [1.82, 2.24) is 4.72 Å². The summed E-state index contributed by atoms with van der Waals surface area (Å²) in [6.45, 7) is 5.93. The number of sulfonamides is 1. The van der Waals surface area contributed by atoms with Crippen molar-refractivity contribution in [2.24, 2.45) is 5.92 Å². The molecule has 4 nitrogen and oxygen atoms in total. The topological polar surface area (TPSA) is 58.2 Å². The predicted octanol–water partition coefficient (Wildman–Crippen LogP) is 3.43. The van der Waals surface area contributed by atoms with Crippen LogP contribution in [0.3, 0.4) is 0 Å². The fraction of sp³-hybridized carbons (Fsp3) is 0.647. The summed E-state index contributed by atoms with van der Waals surface area (Å²) in [5.41, 5.74) is 1.45. The molecule has 1 aromatic carbocycles. The Balaban J connectivity index is 1.77. The van der Waals surface area contributed by atoms with Crippen molar-refractivity contribution < 1.29 is 12.8 Å². The summed E-state index contributed by atoms with van der Waals surface area (Å²) in [5.74, 6) is 0.306. The first kappa shape index (κ1) is 18.2. The fourth-order valence-electron chi connectivity index (χ4n) is 2.82. The molecular weight excluding hydrogens is 315 g/mol. The maximum atomic E-state index is 13.5. The summed E-state index contributed by atoms with van der Waals surface area (Å²) < 4.78 is 40.1. The van der Waals surface area contributed by atoms with Crippen LogP contribution in [0.4, 0.5) is 10.1 Å². The van der Waals surface area contributed by atoms with Crippen LogP contribution < -0.4 is 10.0 Å². The van der Waals surface area contributed by atoms with E-state index in [1.807, 2.05) is 6.07 Å². The monoisotopic (exact) mass is 342 g/mol. The van der Waals surface area contributed by atoms with Crippen LogP contribution in [0.25, 0.3) is 0 Å². The summed E-state index contributed by atoms with van der Waals surface area (Å²) in [7, 11) is -3.19. The van der Waals surface area contributed by atoms with E-state index in [4.69, 9.17) is 0 Å². The van der Waals surface area contributed by atoms with E-state index >= 15 is 0 Å². The van der Waals surface area contributed by atoms with Gasteiger partial charge in [-0.05, 0) is 70.1 Å². The van der Waals surface area contributed by atoms with Crippen LogP contribution in [-0.4, -0.2) is 26.3 Å². The average molecular weight is 342 g/mol. The summed E-state index contributed by atoms with van der Waals surface area (Å²) >= 11 is 0. The highest BCUT2D eigenvalue weighted by atomic mass is 32.2. The normalized spacial score (nSPS) is 22.3. The van der Waals surface area contributed by atoms with E-state index in [1.54, 1.807) is 26.8 Å². The van der Waals surface area contributed by atoms with E-state index in [9.17, 15) is 12.8 Å². The molecule has 1 aliphatic carbocycles. The molecule has 23 heavy (non-hydrogen) atoms. The van der Waals surface area contributed by atoms with Gasteiger partial charge in [0.05, 0.1) is 5.25 Å². The molecule has 0 heterocycles. The maximum absolute atomic E-state index is 13.5. The van der Waals surface area contributed by atoms with Crippen LogP contribution in [0.2, 0.25) is 0 Å². The SMILES string of the molecule is Cc1ccc(NCC2CCC(NS(=O)(=O)C(C)C)CC2)cc1F. The molecule has 0 bridgehead atoms. The second kappa shape index (κ2) is 7.62. The number of benzene rings is 1. The molecule has 0 aromatic heterocycles. The number of halogens is 1. The van der Waals surface area contributed by atoms with Gasteiger partial charge in [0, 0.05) is 18.3 Å². The van der Waals surface area contributed by atoms with Crippen molar-refractivity contribution >= 4 is 15.7 Å². The van der Waals surface area contributed by atoms with Crippen LogP contribution >= 0.6 is 0 Å². The average Bonchev–Trinajstić information content (AvgIpc) is 2.49. The zero-order valence-corrected chi connectivity index (χ0v) is 14.9. The minimum absolute atomic E-state index is 0.0514. The number of aryl methyl sites for hydroxylation is 1. The lowest BCUT2D eigenvalue weighted by molar-refractivity contribution is 0.323. The molecule has 0 atom stereocenters. The molecule has 1 saturated carbocycles. The summed E-state index contributed by atoms with van der Waals surface area (Å²) in [4.78, 5) is 0. The number of hydrogen-bond acceptors (Lipinski definition) is 3. The largest absolute Gasteiger partial charge is 0.385 e. The molecule has 0 amide bonds. The van der Waals surface area contributed by atoms with Gasteiger partial charge in [0.25, 0.3) is 0 Å². The molecule has 6 heteroatoms. The van der Waals surface area contributed by atoms with Crippen molar-refractivity contribution in [3.05, 3.63) is 29.6 Å². The van der Waals surface area contributed by atoms with E-state index in [0.717, 1.165) is 37.9 Å². The van der Waals surface area contributed by atoms with Gasteiger partial charge in [-0.2, -0.15) is 0 Å². The van der Waals surface area contributed by atoms with E-state index in [1.165, 1.54) is 6.07 Å². The molecule has 0 unspecified atom stereocenters. The van der Waals surface area contributed by atoms with Crippen molar-refractivity contribution in [3.8, 4) is 0 Å². The highest BCUT2D eigenvalue weighted by Crippen LogP contribution is 2.26. The Bertz CT molecular complexity index is 623. The van der Waals surface area contributed by atoms with Crippen LogP contribution in [-0.2, 0) is 10.0 Å². The van der Waals surface area contributed by atoms with Crippen LogP contribution in [0.1, 0.15) is 45.1 Å². The van der Waals surface area contributed by atoms with Gasteiger partial charge in [-0.1, -0.05) is 6.07 Å². The van der Waals surface area contributed by atoms with E-state index < -0.39 is 15.3 Å². The molecule has 2 rings (SSSR count). The fourth-order valence-corrected chi connectivity index (χ4v) is 3.79. The Morgan fingerprint density at radius 1 is 1.22 bits per heavy atom. The van der Waals surface area contributed by atoms with Gasteiger partial charge < -0.3 is 5.32 Å². The minimum atomic E-state index is -3.19. The molecule has 1 fully saturated rings. The second-order valence-electron chi connectivity index (χ2n) is 6.77. The van der Waals surface area contributed by atoms with Gasteiger partial charge in [-0.25, -0.2) is 17.5 Å². The summed E-state index contributed by atoms with van der Waals surface area (Å²) in [5, 5.41) is 2.89. The lowest BCUT2D eigenvalue weighted by Crippen LogP contribution is -2.41. The molecular formula is C17H27FN2O2S. The van der Waals surface area contributed by atoms with Crippen LogP contribution in [0, 0.1) is 18.7 Å². The Morgan fingerprint density at radius 2 is 1.87 bits per heavy atom. The molecule has 130 valence electrons. The van der Waals surface area contributed by atoms with Gasteiger partial charge in [-0.3, -0.25) is 0 Å². The molecule has 1 aromatic rings. The lowest BCUT2D eigenvalue weighted by Gasteiger charge is -2.29. The minimum Gasteiger partial charge on any atom is -0.385 e. The lowest BCUT2D eigenvalue weighted by atomic mass is 9.86. The van der Waals surface area contributed by atoms with Gasteiger partial charge in [-0.15, -0.1) is 0 Å². The van der Waals surface area contributed by atoms with Gasteiger partial charge in [0.15, 0.2) is 0 Å². The molecule has 1 aliphatic rings. The first-order valence-corrected chi connectivity index (χ1v) is 9.83. The Labute approximate surface area is 138 Å². The number of anilines is 1. The summed E-state index contributed by atoms with van der Waals surface area (Å²) in [6.07, 6.45) is 3.68. The highest BCUT2D eigenvalue weighted by molar-refractivity contribution is 7.90. The standard InChI is InChI=1S/C17H27FN2O2S/c1-12(2)23(21,22)20-15-8-5-14(6-9-15)11-19-16-7-4-13(3)17(18)10-16/h4,7,10,12,14-15,19-20H,5-6,8-9,11H2,1-3H3. The molecule has 0 aliphatic heterocycles. The maximum Gasteiger partial charge on any atom is 0.214 e. The third kappa shape index (κ3) is 5.18. The van der Waals surface area contributed by atoms with Gasteiger partial charge in [0.2, 0.25) is 10.0 Å². The van der Waals surface area contributed by atoms with Crippen molar-refractivity contribution in [2.75, 3.05) is 11.9 Å².